The zero-order chi connectivity index (χ0) is 9.84. The molecule has 1 N–H and O–H groups in total. The Morgan fingerprint density at radius 3 is 2.85 bits per heavy atom. The van der Waals surface area contributed by atoms with Gasteiger partial charge in [0.1, 0.15) is 0 Å². The number of hydrogen-bond donors (Lipinski definition) is 1. The van der Waals surface area contributed by atoms with E-state index < -0.39 is 0 Å². The van der Waals surface area contributed by atoms with Crippen LogP contribution in [0.25, 0.3) is 0 Å². The summed E-state index contributed by atoms with van der Waals surface area (Å²) in [7, 11) is 2.01. The first-order chi connectivity index (χ1) is 6.15. The molecule has 1 aliphatic heterocycles. The first kappa shape index (κ1) is 11.0. The van der Waals surface area contributed by atoms with Crippen molar-refractivity contribution in [1.29, 1.82) is 0 Å². The predicted molar refractivity (Wildman–Crippen MR) is 55.0 cm³/mol. The molecule has 1 heterocycles. The Labute approximate surface area is 81.4 Å². The van der Waals surface area contributed by atoms with Gasteiger partial charge in [0.05, 0.1) is 12.7 Å². The first-order valence-corrected chi connectivity index (χ1v) is 5.18. The van der Waals surface area contributed by atoms with Crippen molar-refractivity contribution >= 4 is 0 Å². The van der Waals surface area contributed by atoms with Crippen LogP contribution in [0.4, 0.5) is 0 Å². The molecule has 0 aromatic carbocycles. The maximum atomic E-state index is 5.57. The summed E-state index contributed by atoms with van der Waals surface area (Å²) in [5, 5.41) is 3.27. The molecule has 13 heavy (non-hydrogen) atoms. The van der Waals surface area contributed by atoms with Crippen LogP contribution in [-0.4, -0.2) is 49.8 Å². The molecule has 3 heteroatoms. The molecule has 3 nitrogen and oxygen atoms in total. The lowest BCUT2D eigenvalue weighted by molar-refractivity contribution is -0.0570. The van der Waals surface area contributed by atoms with E-state index in [1.165, 1.54) is 0 Å². The first-order valence-electron chi connectivity index (χ1n) is 5.18. The summed E-state index contributed by atoms with van der Waals surface area (Å²) in [6, 6.07) is 1.11. The summed E-state index contributed by atoms with van der Waals surface area (Å²) in [6.45, 7) is 9.67. The zero-order valence-corrected chi connectivity index (χ0v) is 9.21. The maximum absolute atomic E-state index is 5.57. The summed E-state index contributed by atoms with van der Waals surface area (Å²) < 4.78 is 5.57. The number of likely N-dealkylation sites (N-methyl/N-ethyl adjacent to an activating group) is 1. The summed E-state index contributed by atoms with van der Waals surface area (Å²) in [5.74, 6) is 0. The molecule has 0 amide bonds. The van der Waals surface area contributed by atoms with E-state index in [9.17, 15) is 0 Å². The Bertz CT molecular complexity index is 152. The summed E-state index contributed by atoms with van der Waals surface area (Å²) in [4.78, 5) is 2.50. The topological polar surface area (TPSA) is 24.5 Å². The minimum absolute atomic E-state index is 0.373. The van der Waals surface area contributed by atoms with E-state index in [1.807, 2.05) is 7.05 Å². The Hall–Kier alpha value is -0.120. The molecule has 3 unspecified atom stereocenters. The number of hydrogen-bond acceptors (Lipinski definition) is 3. The van der Waals surface area contributed by atoms with E-state index in [0.29, 0.717) is 18.2 Å². The van der Waals surface area contributed by atoms with Crippen molar-refractivity contribution in [1.82, 2.24) is 10.2 Å². The molecular weight excluding hydrogens is 164 g/mol. The van der Waals surface area contributed by atoms with Gasteiger partial charge in [0.15, 0.2) is 0 Å². The Balaban J connectivity index is 2.39. The highest BCUT2D eigenvalue weighted by atomic mass is 16.5. The van der Waals surface area contributed by atoms with Crippen molar-refractivity contribution in [3.8, 4) is 0 Å². The minimum Gasteiger partial charge on any atom is -0.376 e. The monoisotopic (exact) mass is 186 g/mol. The molecule has 3 atom stereocenters. The van der Waals surface area contributed by atoms with Gasteiger partial charge in [-0.3, -0.25) is 4.90 Å². The number of morpholine rings is 1. The van der Waals surface area contributed by atoms with Gasteiger partial charge in [0.2, 0.25) is 0 Å². The third kappa shape index (κ3) is 2.93. The average molecular weight is 186 g/mol. The normalized spacial score (nSPS) is 33.2. The quantitative estimate of drug-likeness (QED) is 0.702. The SMILES string of the molecule is CNC(C)CN1CCOC(C)C1C. The smallest absolute Gasteiger partial charge is 0.0700 e. The molecule has 0 radical (unpaired) electrons. The Kier molecular flexibility index (Phi) is 4.16. The van der Waals surface area contributed by atoms with Gasteiger partial charge in [0, 0.05) is 25.2 Å². The summed E-state index contributed by atoms with van der Waals surface area (Å²) in [6.07, 6.45) is 0.373. The van der Waals surface area contributed by atoms with Crippen LogP contribution in [-0.2, 0) is 4.74 Å². The van der Waals surface area contributed by atoms with Gasteiger partial charge in [-0.1, -0.05) is 0 Å². The molecular formula is C10H22N2O. The van der Waals surface area contributed by atoms with E-state index >= 15 is 0 Å². The second-order valence-electron chi connectivity index (χ2n) is 4.00. The van der Waals surface area contributed by atoms with Gasteiger partial charge in [0.25, 0.3) is 0 Å². The fourth-order valence-electron chi connectivity index (χ4n) is 1.70. The van der Waals surface area contributed by atoms with Gasteiger partial charge >= 0.3 is 0 Å². The lowest BCUT2D eigenvalue weighted by Gasteiger charge is -2.39. The van der Waals surface area contributed by atoms with Crippen LogP contribution in [0.1, 0.15) is 20.8 Å². The van der Waals surface area contributed by atoms with Crippen LogP contribution < -0.4 is 5.32 Å². The van der Waals surface area contributed by atoms with Crippen LogP contribution in [0, 0.1) is 0 Å². The lowest BCUT2D eigenvalue weighted by Crippen LogP contribution is -2.52. The molecule has 0 spiro atoms. The maximum Gasteiger partial charge on any atom is 0.0700 e. The van der Waals surface area contributed by atoms with Crippen molar-refractivity contribution in [2.45, 2.75) is 39.0 Å². The molecule has 1 rings (SSSR count). The van der Waals surface area contributed by atoms with Crippen LogP contribution in [0.5, 0.6) is 0 Å². The number of rotatable bonds is 3. The van der Waals surface area contributed by atoms with Gasteiger partial charge in [-0.15, -0.1) is 0 Å². The van der Waals surface area contributed by atoms with Crippen molar-refractivity contribution in [2.24, 2.45) is 0 Å². The Morgan fingerprint density at radius 2 is 2.23 bits per heavy atom. The molecule has 0 saturated carbocycles. The third-order valence-electron chi connectivity index (χ3n) is 3.02. The highest BCUT2D eigenvalue weighted by Gasteiger charge is 2.25. The zero-order valence-electron chi connectivity index (χ0n) is 9.21. The van der Waals surface area contributed by atoms with Crippen LogP contribution in [0.2, 0.25) is 0 Å². The van der Waals surface area contributed by atoms with Crippen LogP contribution in [0.15, 0.2) is 0 Å². The fraction of sp³-hybridized carbons (Fsp3) is 1.00. The highest BCUT2D eigenvalue weighted by Crippen LogP contribution is 2.13. The second kappa shape index (κ2) is 4.94. The molecule has 0 bridgehead atoms. The second-order valence-corrected chi connectivity index (χ2v) is 4.00. The van der Waals surface area contributed by atoms with E-state index in [1.54, 1.807) is 0 Å². The van der Waals surface area contributed by atoms with E-state index in [4.69, 9.17) is 4.74 Å². The van der Waals surface area contributed by atoms with Gasteiger partial charge in [-0.05, 0) is 27.8 Å². The van der Waals surface area contributed by atoms with Crippen molar-refractivity contribution in [2.75, 3.05) is 26.7 Å². The molecule has 0 aromatic rings. The van der Waals surface area contributed by atoms with Gasteiger partial charge < -0.3 is 10.1 Å². The van der Waals surface area contributed by atoms with Crippen molar-refractivity contribution < 1.29 is 4.74 Å². The number of nitrogens with zero attached hydrogens (tertiary/aromatic N) is 1. The fourth-order valence-corrected chi connectivity index (χ4v) is 1.70. The molecule has 78 valence electrons. The molecule has 1 fully saturated rings. The molecule has 0 aromatic heterocycles. The molecule has 1 aliphatic rings. The molecule has 1 saturated heterocycles. The van der Waals surface area contributed by atoms with Crippen LogP contribution in [0.3, 0.4) is 0 Å². The minimum atomic E-state index is 0.373. The van der Waals surface area contributed by atoms with Crippen molar-refractivity contribution in [3.05, 3.63) is 0 Å². The summed E-state index contributed by atoms with van der Waals surface area (Å²) >= 11 is 0. The largest absolute Gasteiger partial charge is 0.376 e. The number of ether oxygens (including phenoxy) is 1. The third-order valence-corrected chi connectivity index (χ3v) is 3.02. The highest BCUT2D eigenvalue weighted by molar-refractivity contribution is 4.79. The number of nitrogens with one attached hydrogen (secondary N) is 1. The van der Waals surface area contributed by atoms with Gasteiger partial charge in [-0.25, -0.2) is 0 Å². The Morgan fingerprint density at radius 1 is 1.54 bits per heavy atom. The summed E-state index contributed by atoms with van der Waals surface area (Å²) in [5.41, 5.74) is 0. The standard InChI is InChI=1S/C10H22N2O/c1-8(11-4)7-12-5-6-13-10(3)9(12)2/h8-11H,5-7H2,1-4H3. The van der Waals surface area contributed by atoms with E-state index in [2.05, 4.69) is 31.0 Å². The van der Waals surface area contributed by atoms with Crippen LogP contribution >= 0.6 is 0 Å². The molecule has 0 aliphatic carbocycles. The van der Waals surface area contributed by atoms with Crippen molar-refractivity contribution in [3.63, 3.8) is 0 Å². The average Bonchev–Trinajstić information content (AvgIpc) is 2.13. The lowest BCUT2D eigenvalue weighted by atomic mass is 10.1. The van der Waals surface area contributed by atoms with E-state index in [0.717, 1.165) is 19.7 Å². The predicted octanol–water partition coefficient (Wildman–Crippen LogP) is 0.703. The van der Waals surface area contributed by atoms with E-state index in [-0.39, 0.29) is 0 Å². The van der Waals surface area contributed by atoms with Gasteiger partial charge in [-0.2, -0.15) is 0 Å².